The van der Waals surface area contributed by atoms with Crippen molar-refractivity contribution in [1.29, 1.82) is 0 Å². The Morgan fingerprint density at radius 1 is 1.00 bits per heavy atom. The van der Waals surface area contributed by atoms with E-state index in [0.29, 0.717) is 12.3 Å². The molecule has 0 aliphatic rings. The molecule has 0 heterocycles. The minimum Gasteiger partial charge on any atom is -0.311 e. The zero-order valence-electron chi connectivity index (χ0n) is 15.2. The van der Waals surface area contributed by atoms with Gasteiger partial charge in [0.15, 0.2) is 0 Å². The Morgan fingerprint density at radius 2 is 1.62 bits per heavy atom. The number of nitrogens with one attached hydrogen (secondary N) is 1. The van der Waals surface area contributed by atoms with Crippen LogP contribution in [0.5, 0.6) is 0 Å². The van der Waals surface area contributed by atoms with Gasteiger partial charge < -0.3 is 9.05 Å². The second kappa shape index (κ2) is 8.26. The van der Waals surface area contributed by atoms with E-state index in [2.05, 4.69) is 56.4 Å². The predicted octanol–water partition coefficient (Wildman–Crippen LogP) is 5.35. The molecule has 5 heteroatoms. The Hall–Kier alpha value is -1.19. The highest BCUT2D eigenvalue weighted by Crippen LogP contribution is 2.53. The smallest absolute Gasteiger partial charge is 0.311 e. The van der Waals surface area contributed by atoms with Crippen molar-refractivity contribution >= 4 is 18.4 Å². The quantitative estimate of drug-likeness (QED) is 0.653. The lowest BCUT2D eigenvalue weighted by atomic mass is 9.99. The van der Waals surface area contributed by atoms with Crippen molar-refractivity contribution in [2.24, 2.45) is 5.92 Å². The first-order valence-corrected chi connectivity index (χ1v) is 9.97. The summed E-state index contributed by atoms with van der Waals surface area (Å²) in [6, 6.07) is 14.6. The highest BCUT2D eigenvalue weighted by atomic mass is 31.2. The molecule has 0 fully saturated rings. The highest BCUT2D eigenvalue weighted by molar-refractivity contribution is 7.54. The molecule has 0 bridgehead atoms. The maximum atomic E-state index is 12.9. The molecular formula is C19H28NO3P. The first-order chi connectivity index (χ1) is 11.4. The van der Waals surface area contributed by atoms with Crippen LogP contribution in [0.15, 0.2) is 42.5 Å². The summed E-state index contributed by atoms with van der Waals surface area (Å²) in [6.07, 6.45) is 0.716. The van der Waals surface area contributed by atoms with E-state index in [1.54, 1.807) is 0 Å². The van der Waals surface area contributed by atoms with Crippen molar-refractivity contribution in [2.75, 3.05) is 14.2 Å². The molecule has 0 aliphatic carbocycles. The van der Waals surface area contributed by atoms with Crippen LogP contribution in [0.2, 0.25) is 0 Å². The molecule has 24 heavy (non-hydrogen) atoms. The van der Waals surface area contributed by atoms with Crippen molar-refractivity contribution in [3.63, 3.8) is 0 Å². The number of rotatable bonds is 8. The summed E-state index contributed by atoms with van der Waals surface area (Å²) in [5.41, 5.74) is 1.18. The van der Waals surface area contributed by atoms with E-state index in [0.717, 1.165) is 0 Å². The summed E-state index contributed by atoms with van der Waals surface area (Å²) in [6.45, 7) is 6.30. The van der Waals surface area contributed by atoms with E-state index in [1.807, 2.05) is 12.1 Å². The SMILES string of the molecule is COP(=O)(OC)[C@H](CC(C)C)N[C@@H](C)c1cccc2ccccc12. The lowest BCUT2D eigenvalue weighted by Crippen LogP contribution is -2.33. The van der Waals surface area contributed by atoms with E-state index < -0.39 is 7.60 Å². The molecule has 2 aromatic rings. The topological polar surface area (TPSA) is 47.6 Å². The molecule has 0 aliphatic heterocycles. The third kappa shape index (κ3) is 4.25. The summed E-state index contributed by atoms with van der Waals surface area (Å²) in [5.74, 6) is 0.0299. The average Bonchev–Trinajstić information content (AvgIpc) is 2.59. The second-order valence-electron chi connectivity index (χ2n) is 6.51. The second-order valence-corrected chi connectivity index (χ2v) is 8.94. The molecule has 0 unspecified atom stereocenters. The van der Waals surface area contributed by atoms with Gasteiger partial charge in [0.05, 0.1) is 0 Å². The highest BCUT2D eigenvalue weighted by Gasteiger charge is 2.35. The van der Waals surface area contributed by atoms with Crippen LogP contribution in [0.1, 0.15) is 38.8 Å². The van der Waals surface area contributed by atoms with Gasteiger partial charge in [-0.05, 0) is 35.6 Å². The summed E-state index contributed by atoms with van der Waals surface area (Å²) in [4.78, 5) is 0. The van der Waals surface area contributed by atoms with Crippen molar-refractivity contribution in [3.05, 3.63) is 48.0 Å². The summed E-state index contributed by atoms with van der Waals surface area (Å²) in [5, 5.41) is 5.89. The van der Waals surface area contributed by atoms with Crippen molar-refractivity contribution in [3.8, 4) is 0 Å². The van der Waals surface area contributed by atoms with Gasteiger partial charge in [0.2, 0.25) is 0 Å². The van der Waals surface area contributed by atoms with Crippen LogP contribution in [0, 0.1) is 5.92 Å². The summed E-state index contributed by atoms with van der Waals surface area (Å²) in [7, 11) is -0.298. The third-order valence-corrected chi connectivity index (χ3v) is 6.46. The van der Waals surface area contributed by atoms with Crippen LogP contribution in [0.4, 0.5) is 0 Å². The van der Waals surface area contributed by atoms with Crippen LogP contribution >= 0.6 is 7.60 Å². The Balaban J connectivity index is 2.32. The fraction of sp³-hybridized carbons (Fsp3) is 0.474. The minimum atomic E-state index is -3.19. The minimum absolute atomic E-state index is 0.0264. The molecule has 2 aromatic carbocycles. The summed E-state index contributed by atoms with van der Waals surface area (Å²) >= 11 is 0. The standard InChI is InChI=1S/C19H28NO3P/c1-14(2)13-19(24(21,22-4)23-5)20-15(3)17-12-8-10-16-9-6-7-11-18(16)17/h6-12,14-15,19-20H,13H2,1-5H3/t15-,19+/m0/s1. The van der Waals surface area contributed by atoms with Crippen molar-refractivity contribution in [2.45, 2.75) is 39.0 Å². The van der Waals surface area contributed by atoms with E-state index in [4.69, 9.17) is 9.05 Å². The summed E-state index contributed by atoms with van der Waals surface area (Å²) < 4.78 is 23.4. The predicted molar refractivity (Wildman–Crippen MR) is 100 cm³/mol. The van der Waals surface area contributed by atoms with Gasteiger partial charge in [0, 0.05) is 20.3 Å². The van der Waals surface area contributed by atoms with Crippen molar-refractivity contribution < 1.29 is 13.6 Å². The monoisotopic (exact) mass is 349 g/mol. The van der Waals surface area contributed by atoms with Crippen LogP contribution in [0.3, 0.4) is 0 Å². The van der Waals surface area contributed by atoms with Gasteiger partial charge in [-0.3, -0.25) is 9.88 Å². The zero-order chi connectivity index (χ0) is 17.7. The molecule has 0 radical (unpaired) electrons. The van der Waals surface area contributed by atoms with E-state index in [1.165, 1.54) is 30.6 Å². The van der Waals surface area contributed by atoms with Gasteiger partial charge in [-0.2, -0.15) is 0 Å². The number of benzene rings is 2. The molecule has 0 saturated carbocycles. The Bertz CT molecular complexity index is 703. The van der Waals surface area contributed by atoms with Crippen LogP contribution in [0.25, 0.3) is 10.8 Å². The van der Waals surface area contributed by atoms with E-state index in [9.17, 15) is 4.57 Å². The number of hydrogen-bond acceptors (Lipinski definition) is 4. The van der Waals surface area contributed by atoms with Gasteiger partial charge in [-0.15, -0.1) is 0 Å². The Kier molecular flexibility index (Phi) is 6.59. The average molecular weight is 349 g/mol. The van der Waals surface area contributed by atoms with Gasteiger partial charge >= 0.3 is 7.60 Å². The third-order valence-electron chi connectivity index (χ3n) is 4.32. The molecule has 0 amide bonds. The molecular weight excluding hydrogens is 321 g/mol. The molecule has 2 rings (SSSR count). The van der Waals surface area contributed by atoms with E-state index in [-0.39, 0.29) is 11.8 Å². The molecule has 2 atom stereocenters. The van der Waals surface area contributed by atoms with Crippen LogP contribution in [-0.2, 0) is 13.6 Å². The lowest BCUT2D eigenvalue weighted by molar-refractivity contribution is 0.248. The first-order valence-electron chi connectivity index (χ1n) is 8.36. The zero-order valence-corrected chi connectivity index (χ0v) is 16.0. The van der Waals surface area contributed by atoms with Crippen LogP contribution < -0.4 is 5.32 Å². The molecule has 4 nitrogen and oxygen atoms in total. The van der Waals surface area contributed by atoms with Gasteiger partial charge in [-0.1, -0.05) is 56.3 Å². The van der Waals surface area contributed by atoms with E-state index >= 15 is 0 Å². The van der Waals surface area contributed by atoms with Gasteiger partial charge in [0.1, 0.15) is 5.78 Å². The van der Waals surface area contributed by atoms with Gasteiger partial charge in [0.25, 0.3) is 0 Å². The molecule has 132 valence electrons. The molecule has 1 N–H and O–H groups in total. The maximum absolute atomic E-state index is 12.9. The number of hydrogen-bond donors (Lipinski definition) is 1. The van der Waals surface area contributed by atoms with Crippen molar-refractivity contribution in [1.82, 2.24) is 5.32 Å². The van der Waals surface area contributed by atoms with Crippen LogP contribution in [-0.4, -0.2) is 20.0 Å². The van der Waals surface area contributed by atoms with Gasteiger partial charge in [-0.25, -0.2) is 0 Å². The maximum Gasteiger partial charge on any atom is 0.346 e. The fourth-order valence-corrected chi connectivity index (χ4v) is 4.81. The largest absolute Gasteiger partial charge is 0.346 e. The normalized spacial score (nSPS) is 14.9. The molecule has 0 aromatic heterocycles. The fourth-order valence-electron chi connectivity index (χ4n) is 3.07. The Labute approximate surface area is 145 Å². The Morgan fingerprint density at radius 3 is 2.25 bits per heavy atom. The molecule has 0 saturated heterocycles. The molecule has 0 spiro atoms. The lowest BCUT2D eigenvalue weighted by Gasteiger charge is -2.30. The first kappa shape index (κ1) is 19.1. The number of fused-ring (bicyclic) bond motifs is 1.